The van der Waals surface area contributed by atoms with Crippen molar-refractivity contribution in [2.24, 2.45) is 0 Å². The number of urea groups is 1. The van der Waals surface area contributed by atoms with E-state index in [9.17, 15) is 24.5 Å². The van der Waals surface area contributed by atoms with Crippen molar-refractivity contribution in [3.05, 3.63) is 93.9 Å². The molecule has 1 aliphatic heterocycles. The number of nitro groups is 1. The maximum absolute atomic E-state index is 12.8. The van der Waals surface area contributed by atoms with Crippen LogP contribution in [0.4, 0.5) is 16.2 Å². The highest BCUT2D eigenvalue weighted by atomic mass is 16.6. The number of benzene rings is 2. The number of non-ortho nitro benzene ring substituents is 1. The van der Waals surface area contributed by atoms with E-state index < -0.39 is 29.3 Å². The number of anilines is 1. The molecule has 0 radical (unpaired) electrons. The van der Waals surface area contributed by atoms with Crippen LogP contribution in [0.5, 0.6) is 0 Å². The van der Waals surface area contributed by atoms with Crippen molar-refractivity contribution in [1.82, 2.24) is 14.8 Å². The molecule has 10 nitrogen and oxygen atoms in total. The van der Waals surface area contributed by atoms with Crippen molar-refractivity contribution in [3.8, 4) is 5.69 Å². The van der Waals surface area contributed by atoms with Crippen LogP contribution >= 0.6 is 0 Å². The Morgan fingerprint density at radius 2 is 1.91 bits per heavy atom. The number of nitrogens with one attached hydrogen (secondary N) is 2. The van der Waals surface area contributed by atoms with E-state index in [1.54, 1.807) is 53.2 Å². The average molecular weight is 445 g/mol. The zero-order chi connectivity index (χ0) is 23.5. The first-order chi connectivity index (χ1) is 15.8. The van der Waals surface area contributed by atoms with Gasteiger partial charge in [-0.05, 0) is 48.9 Å². The molecule has 0 bridgehead atoms. The van der Waals surface area contributed by atoms with Crippen molar-refractivity contribution in [3.63, 3.8) is 0 Å². The third-order valence-electron chi connectivity index (χ3n) is 4.96. The maximum atomic E-state index is 12.8. The molecule has 10 heteroatoms. The lowest BCUT2D eigenvalue weighted by Gasteiger charge is -2.12. The van der Waals surface area contributed by atoms with Crippen LogP contribution in [-0.2, 0) is 9.59 Å². The third-order valence-corrected chi connectivity index (χ3v) is 4.96. The Morgan fingerprint density at radius 1 is 1.12 bits per heavy atom. The number of amides is 4. The highest BCUT2D eigenvalue weighted by Crippen LogP contribution is 2.21. The first kappa shape index (κ1) is 21.5. The number of hydrogen-bond acceptors (Lipinski definition) is 5. The van der Waals surface area contributed by atoms with Crippen molar-refractivity contribution < 1.29 is 19.3 Å². The molecule has 1 aliphatic rings. The smallest absolute Gasteiger partial charge is 0.325 e. The monoisotopic (exact) mass is 445 g/mol. The highest BCUT2D eigenvalue weighted by Gasteiger charge is 2.35. The maximum Gasteiger partial charge on any atom is 0.329 e. The molecule has 3 aromatic rings. The van der Waals surface area contributed by atoms with Gasteiger partial charge in [0.1, 0.15) is 12.2 Å². The standard InChI is InChI=1S/C23H19N5O5/c1-15-5-2-6-16(11-15)24-21(29)14-27-22(30)20(25-23(27)31)13-18-9-4-10-26(18)17-7-3-8-19(12-17)28(32)33/h2-13H,14H2,1H3,(H,24,29)(H,25,31)/b20-13+. The summed E-state index contributed by atoms with van der Waals surface area (Å²) in [6.45, 7) is 1.44. The number of aryl methyl sites for hydroxylation is 1. The van der Waals surface area contributed by atoms with Gasteiger partial charge in [-0.1, -0.05) is 18.2 Å². The Hall–Kier alpha value is -4.73. The SMILES string of the molecule is Cc1cccc(NC(=O)CN2C(=O)N/C(=C/c3cccn3-c3cccc([N+](=O)[O-])c3)C2=O)c1. The first-order valence-corrected chi connectivity index (χ1v) is 9.95. The van der Waals surface area contributed by atoms with Crippen LogP contribution in [0.25, 0.3) is 11.8 Å². The van der Waals surface area contributed by atoms with Crippen LogP contribution in [0.3, 0.4) is 0 Å². The van der Waals surface area contributed by atoms with Gasteiger partial charge >= 0.3 is 6.03 Å². The van der Waals surface area contributed by atoms with E-state index in [0.717, 1.165) is 10.5 Å². The summed E-state index contributed by atoms with van der Waals surface area (Å²) in [6, 6.07) is 15.9. The Morgan fingerprint density at radius 3 is 2.67 bits per heavy atom. The number of nitro benzene ring substituents is 1. The minimum atomic E-state index is -0.709. The number of aromatic nitrogens is 1. The number of carbonyl (C=O) groups is 3. The Balaban J connectivity index is 1.52. The zero-order valence-electron chi connectivity index (χ0n) is 17.5. The molecule has 0 atom stereocenters. The molecule has 0 unspecified atom stereocenters. The van der Waals surface area contributed by atoms with Crippen LogP contribution in [0.15, 0.2) is 72.6 Å². The predicted octanol–water partition coefficient (Wildman–Crippen LogP) is 3.23. The van der Waals surface area contributed by atoms with Crippen LogP contribution in [-0.4, -0.2) is 38.8 Å². The molecule has 2 aromatic carbocycles. The molecule has 1 aromatic heterocycles. The van der Waals surface area contributed by atoms with Crippen molar-refractivity contribution >= 4 is 35.3 Å². The van der Waals surface area contributed by atoms with E-state index in [1.807, 2.05) is 13.0 Å². The van der Waals surface area contributed by atoms with E-state index >= 15 is 0 Å². The van der Waals surface area contributed by atoms with E-state index in [-0.39, 0.29) is 11.4 Å². The summed E-state index contributed by atoms with van der Waals surface area (Å²) < 4.78 is 1.65. The summed E-state index contributed by atoms with van der Waals surface area (Å²) in [5.74, 6) is -1.16. The summed E-state index contributed by atoms with van der Waals surface area (Å²) in [7, 11) is 0. The molecule has 4 amide bonds. The zero-order valence-corrected chi connectivity index (χ0v) is 17.5. The molecule has 1 fully saturated rings. The van der Waals surface area contributed by atoms with Crippen LogP contribution < -0.4 is 10.6 Å². The molecular formula is C23H19N5O5. The van der Waals surface area contributed by atoms with Gasteiger partial charge in [-0.25, -0.2) is 9.69 Å². The van der Waals surface area contributed by atoms with Crippen molar-refractivity contribution in [1.29, 1.82) is 0 Å². The second kappa shape index (κ2) is 8.79. The average Bonchev–Trinajstić information content (AvgIpc) is 3.34. The van der Waals surface area contributed by atoms with E-state index in [0.29, 0.717) is 17.1 Å². The number of carbonyl (C=O) groups excluding carboxylic acids is 3. The largest absolute Gasteiger partial charge is 0.329 e. The van der Waals surface area contributed by atoms with Crippen molar-refractivity contribution in [2.75, 3.05) is 11.9 Å². The fraction of sp³-hybridized carbons (Fsp3) is 0.0870. The number of imide groups is 1. The predicted molar refractivity (Wildman–Crippen MR) is 120 cm³/mol. The van der Waals surface area contributed by atoms with E-state index in [4.69, 9.17) is 0 Å². The second-order valence-electron chi connectivity index (χ2n) is 7.38. The molecule has 4 rings (SSSR count). The van der Waals surface area contributed by atoms with Crippen LogP contribution in [0.1, 0.15) is 11.3 Å². The van der Waals surface area contributed by atoms with Gasteiger partial charge in [-0.15, -0.1) is 0 Å². The summed E-state index contributed by atoms with van der Waals surface area (Å²) in [6.07, 6.45) is 3.14. The lowest BCUT2D eigenvalue weighted by Crippen LogP contribution is -2.38. The highest BCUT2D eigenvalue weighted by molar-refractivity contribution is 6.15. The number of rotatable bonds is 6. The molecule has 0 aliphatic carbocycles. The summed E-state index contributed by atoms with van der Waals surface area (Å²) in [5, 5.41) is 16.2. The van der Waals surface area contributed by atoms with Gasteiger partial charge in [0, 0.05) is 29.7 Å². The Bertz CT molecular complexity index is 1310. The molecule has 2 N–H and O–H groups in total. The van der Waals surface area contributed by atoms with Gasteiger partial charge in [0.05, 0.1) is 10.6 Å². The fourth-order valence-corrected chi connectivity index (χ4v) is 3.43. The van der Waals surface area contributed by atoms with Gasteiger partial charge in [-0.2, -0.15) is 0 Å². The molecule has 1 saturated heterocycles. The van der Waals surface area contributed by atoms with Gasteiger partial charge in [-0.3, -0.25) is 19.7 Å². The summed E-state index contributed by atoms with van der Waals surface area (Å²) in [4.78, 5) is 48.9. The van der Waals surface area contributed by atoms with Gasteiger partial charge in [0.2, 0.25) is 5.91 Å². The quantitative estimate of drug-likeness (QED) is 0.261. The number of nitrogens with zero attached hydrogens (tertiary/aromatic N) is 3. The topological polar surface area (TPSA) is 127 Å². The van der Waals surface area contributed by atoms with Gasteiger partial charge in [0.25, 0.3) is 11.6 Å². The van der Waals surface area contributed by atoms with E-state index in [1.165, 1.54) is 18.2 Å². The van der Waals surface area contributed by atoms with Crippen molar-refractivity contribution in [2.45, 2.75) is 6.92 Å². The third kappa shape index (κ3) is 4.64. The van der Waals surface area contributed by atoms with Crippen LogP contribution in [0, 0.1) is 17.0 Å². The van der Waals surface area contributed by atoms with Gasteiger partial charge in [0.15, 0.2) is 0 Å². The normalized spacial score (nSPS) is 14.5. The molecule has 166 valence electrons. The molecule has 0 saturated carbocycles. The molecule has 0 spiro atoms. The molecule has 2 heterocycles. The van der Waals surface area contributed by atoms with Gasteiger partial charge < -0.3 is 15.2 Å². The molecule has 33 heavy (non-hydrogen) atoms. The molecular weight excluding hydrogens is 426 g/mol. The van der Waals surface area contributed by atoms with Crippen LogP contribution in [0.2, 0.25) is 0 Å². The second-order valence-corrected chi connectivity index (χ2v) is 7.38. The Labute approximate surface area is 188 Å². The van der Waals surface area contributed by atoms with E-state index in [2.05, 4.69) is 10.6 Å². The minimum Gasteiger partial charge on any atom is -0.325 e. The lowest BCUT2D eigenvalue weighted by atomic mass is 10.2. The summed E-state index contributed by atoms with van der Waals surface area (Å²) in [5.41, 5.74) is 2.49. The fourth-order valence-electron chi connectivity index (χ4n) is 3.43. The Kier molecular flexibility index (Phi) is 5.73. The lowest BCUT2D eigenvalue weighted by molar-refractivity contribution is -0.384. The summed E-state index contributed by atoms with van der Waals surface area (Å²) >= 11 is 0. The number of hydrogen-bond donors (Lipinski definition) is 2. The minimum absolute atomic E-state index is 0.00580. The first-order valence-electron chi connectivity index (χ1n) is 9.95.